The summed E-state index contributed by atoms with van der Waals surface area (Å²) >= 11 is 6.03. The van der Waals surface area contributed by atoms with Gasteiger partial charge >= 0.3 is 5.97 Å². The summed E-state index contributed by atoms with van der Waals surface area (Å²) in [6.45, 7) is 1.68. The first-order valence-corrected chi connectivity index (χ1v) is 12.8. The molecule has 41 heavy (non-hydrogen) atoms. The number of hydrogen-bond acceptors (Lipinski definition) is 9. The number of nitrogens with zero attached hydrogens (tertiary/aromatic N) is 5. The molecule has 3 N–H and O–H groups in total. The summed E-state index contributed by atoms with van der Waals surface area (Å²) in [6, 6.07) is 27.0. The zero-order valence-electron chi connectivity index (χ0n) is 21.7. The van der Waals surface area contributed by atoms with Gasteiger partial charge in [-0.2, -0.15) is 9.94 Å². The third-order valence-electron chi connectivity index (χ3n) is 6.13. The standard InChI is InChI=1S/C30H22ClN7O3/c1-2-41-29(40)24-23(18-13-15-21(31)16-14-18)22(17-32)28(39)38(27(24)33)37-30-34-25(19-9-5-3-6-10-19)26(35-36-30)20-11-7-4-8-12-20/h3-16H,2,33H2,1H3,(H,34,36,37). The molecule has 0 saturated heterocycles. The van der Waals surface area contributed by atoms with E-state index in [2.05, 4.69) is 20.6 Å². The van der Waals surface area contributed by atoms with Gasteiger partial charge in [0.1, 0.15) is 34.4 Å². The van der Waals surface area contributed by atoms with Gasteiger partial charge in [-0.1, -0.05) is 84.4 Å². The summed E-state index contributed by atoms with van der Waals surface area (Å²) in [5.74, 6) is -1.20. The second-order valence-electron chi connectivity index (χ2n) is 8.67. The Labute approximate surface area is 239 Å². The largest absolute Gasteiger partial charge is 0.462 e. The maximum atomic E-state index is 13.6. The van der Waals surface area contributed by atoms with E-state index in [1.807, 2.05) is 66.7 Å². The summed E-state index contributed by atoms with van der Waals surface area (Å²) < 4.78 is 6.09. The van der Waals surface area contributed by atoms with Gasteiger partial charge in [0.25, 0.3) is 11.5 Å². The van der Waals surface area contributed by atoms with Gasteiger partial charge in [0.15, 0.2) is 0 Å². The molecule has 0 atom stereocenters. The number of benzene rings is 3. The smallest absolute Gasteiger partial charge is 0.342 e. The number of carbonyl (C=O) groups excluding carboxylic acids is 1. The lowest BCUT2D eigenvalue weighted by molar-refractivity contribution is 0.0527. The van der Waals surface area contributed by atoms with E-state index >= 15 is 0 Å². The first-order chi connectivity index (χ1) is 19.9. The predicted octanol–water partition coefficient (Wildman–Crippen LogP) is 5.19. The molecule has 0 unspecified atom stereocenters. The van der Waals surface area contributed by atoms with E-state index < -0.39 is 11.5 Å². The van der Waals surface area contributed by atoms with Crippen LogP contribution in [-0.4, -0.2) is 32.4 Å². The SMILES string of the molecule is CCOC(=O)c1c(-c2ccc(Cl)cc2)c(C#N)c(=O)n(Nc2nnc(-c3ccccc3)c(-c3ccccc3)n2)c1N. The number of nitrogens with two attached hydrogens (primary N) is 1. The van der Waals surface area contributed by atoms with E-state index in [9.17, 15) is 14.9 Å². The highest BCUT2D eigenvalue weighted by atomic mass is 35.5. The molecule has 5 aromatic rings. The predicted molar refractivity (Wildman–Crippen MR) is 156 cm³/mol. The Morgan fingerprint density at radius 3 is 2.15 bits per heavy atom. The van der Waals surface area contributed by atoms with Crippen LogP contribution >= 0.6 is 11.6 Å². The first kappa shape index (κ1) is 27.1. The van der Waals surface area contributed by atoms with Crippen LogP contribution in [-0.2, 0) is 4.74 Å². The van der Waals surface area contributed by atoms with Crippen molar-refractivity contribution in [1.82, 2.24) is 19.9 Å². The van der Waals surface area contributed by atoms with Gasteiger partial charge in [0, 0.05) is 21.7 Å². The normalized spacial score (nSPS) is 10.6. The molecule has 0 saturated carbocycles. The van der Waals surface area contributed by atoms with E-state index in [0.717, 1.165) is 15.8 Å². The van der Waals surface area contributed by atoms with Gasteiger partial charge in [-0.25, -0.2) is 9.78 Å². The summed E-state index contributed by atoms with van der Waals surface area (Å²) in [5.41, 5.74) is 10.8. The molecule has 0 fully saturated rings. The van der Waals surface area contributed by atoms with Crippen LogP contribution in [0.4, 0.5) is 11.8 Å². The fourth-order valence-corrected chi connectivity index (χ4v) is 4.41. The number of pyridine rings is 1. The highest BCUT2D eigenvalue weighted by molar-refractivity contribution is 6.30. The fraction of sp³-hybridized carbons (Fsp3) is 0.0667. The number of nitriles is 1. The number of nitrogens with one attached hydrogen (secondary N) is 1. The van der Waals surface area contributed by atoms with Crippen molar-refractivity contribution < 1.29 is 9.53 Å². The van der Waals surface area contributed by atoms with Crippen LogP contribution < -0.4 is 16.7 Å². The van der Waals surface area contributed by atoms with Crippen molar-refractivity contribution in [3.63, 3.8) is 0 Å². The molecule has 0 aliphatic carbocycles. The van der Waals surface area contributed by atoms with E-state index in [4.69, 9.17) is 22.1 Å². The molecule has 0 amide bonds. The van der Waals surface area contributed by atoms with E-state index in [1.54, 1.807) is 31.2 Å². The monoisotopic (exact) mass is 563 g/mol. The van der Waals surface area contributed by atoms with Crippen LogP contribution in [0.3, 0.4) is 0 Å². The van der Waals surface area contributed by atoms with Crippen LogP contribution in [0.2, 0.25) is 5.02 Å². The van der Waals surface area contributed by atoms with Gasteiger partial charge in [-0.3, -0.25) is 10.2 Å². The highest BCUT2D eigenvalue weighted by Gasteiger charge is 2.28. The second kappa shape index (κ2) is 11.7. The molecule has 0 radical (unpaired) electrons. The Balaban J connectivity index is 1.70. The Morgan fingerprint density at radius 1 is 0.951 bits per heavy atom. The summed E-state index contributed by atoms with van der Waals surface area (Å²) in [7, 11) is 0. The number of esters is 1. The average molecular weight is 564 g/mol. The second-order valence-corrected chi connectivity index (χ2v) is 9.10. The molecule has 0 bridgehead atoms. The molecule has 0 spiro atoms. The topological polar surface area (TPSA) is 149 Å². The number of ether oxygens (including phenoxy) is 1. The van der Waals surface area contributed by atoms with Gasteiger partial charge < -0.3 is 10.5 Å². The Bertz CT molecular complexity index is 1840. The van der Waals surface area contributed by atoms with Gasteiger partial charge in [-0.05, 0) is 24.6 Å². The quantitative estimate of drug-likeness (QED) is 0.255. The Kier molecular flexibility index (Phi) is 7.71. The zero-order chi connectivity index (χ0) is 28.9. The zero-order valence-corrected chi connectivity index (χ0v) is 22.5. The molecule has 2 heterocycles. The molecule has 10 nitrogen and oxygen atoms in total. The number of halogens is 1. The lowest BCUT2D eigenvalue weighted by Crippen LogP contribution is -2.34. The molecule has 0 aliphatic rings. The molecule has 5 rings (SSSR count). The van der Waals surface area contributed by atoms with Gasteiger partial charge in [0.05, 0.1) is 6.61 Å². The maximum Gasteiger partial charge on any atom is 0.342 e. The van der Waals surface area contributed by atoms with Crippen molar-refractivity contribution in [2.24, 2.45) is 0 Å². The van der Waals surface area contributed by atoms with Crippen LogP contribution in [0.25, 0.3) is 33.6 Å². The summed E-state index contributed by atoms with van der Waals surface area (Å²) in [4.78, 5) is 31.4. The van der Waals surface area contributed by atoms with Crippen LogP contribution in [0, 0.1) is 11.3 Å². The van der Waals surface area contributed by atoms with Crippen molar-refractivity contribution in [2.75, 3.05) is 17.8 Å². The molecular formula is C30H22ClN7O3. The molecular weight excluding hydrogens is 542 g/mol. The van der Waals surface area contributed by atoms with Crippen LogP contribution in [0.15, 0.2) is 89.7 Å². The first-order valence-electron chi connectivity index (χ1n) is 12.5. The maximum absolute atomic E-state index is 13.6. The van der Waals surface area contributed by atoms with Crippen LogP contribution in [0.5, 0.6) is 0 Å². The summed E-state index contributed by atoms with van der Waals surface area (Å²) in [5, 5.41) is 19.0. The molecule has 3 aromatic carbocycles. The minimum Gasteiger partial charge on any atom is -0.462 e. The number of nitrogen functional groups attached to an aromatic ring is 1. The number of rotatable bonds is 7. The van der Waals surface area contributed by atoms with Crippen LogP contribution in [0.1, 0.15) is 22.8 Å². The fourth-order valence-electron chi connectivity index (χ4n) is 4.28. The van der Waals surface area contributed by atoms with Crippen molar-refractivity contribution in [2.45, 2.75) is 6.92 Å². The lowest BCUT2D eigenvalue weighted by atomic mass is 9.96. The molecule has 202 valence electrons. The minimum atomic E-state index is -0.819. The Morgan fingerprint density at radius 2 is 1.56 bits per heavy atom. The van der Waals surface area contributed by atoms with E-state index in [-0.39, 0.29) is 35.1 Å². The lowest BCUT2D eigenvalue weighted by Gasteiger charge is -2.19. The third-order valence-corrected chi connectivity index (χ3v) is 6.38. The molecule has 11 heteroatoms. The van der Waals surface area contributed by atoms with Gasteiger partial charge in [0.2, 0.25) is 0 Å². The highest BCUT2D eigenvalue weighted by Crippen LogP contribution is 2.32. The van der Waals surface area contributed by atoms with Crippen molar-refractivity contribution in [3.8, 4) is 39.7 Å². The van der Waals surface area contributed by atoms with Crippen molar-refractivity contribution in [1.29, 1.82) is 5.26 Å². The number of anilines is 2. The Hall–Kier alpha value is -5.53. The third kappa shape index (κ3) is 5.34. The van der Waals surface area contributed by atoms with Gasteiger partial charge in [-0.15, -0.1) is 10.2 Å². The number of carbonyl (C=O) groups is 1. The average Bonchev–Trinajstić information content (AvgIpc) is 3.00. The van der Waals surface area contributed by atoms with E-state index in [0.29, 0.717) is 22.0 Å². The van der Waals surface area contributed by atoms with E-state index in [1.165, 1.54) is 0 Å². The van der Waals surface area contributed by atoms with Crippen molar-refractivity contribution in [3.05, 3.63) is 111 Å². The molecule has 2 aromatic heterocycles. The minimum absolute atomic E-state index is 0.0339. The molecule has 0 aliphatic heterocycles. The number of aromatic nitrogens is 4. The van der Waals surface area contributed by atoms with Crippen molar-refractivity contribution >= 4 is 29.3 Å². The number of hydrogen-bond donors (Lipinski definition) is 2. The summed E-state index contributed by atoms with van der Waals surface area (Å²) in [6.07, 6.45) is 0.